The quantitative estimate of drug-likeness (QED) is 0.538. The van der Waals surface area contributed by atoms with Crippen molar-refractivity contribution in [1.82, 2.24) is 24.3 Å². The predicted octanol–water partition coefficient (Wildman–Crippen LogP) is 3.36. The van der Waals surface area contributed by atoms with E-state index >= 15 is 0 Å². The molecule has 0 atom stereocenters. The molecule has 0 saturated carbocycles. The largest absolute Gasteiger partial charge is 0.496 e. The van der Waals surface area contributed by atoms with E-state index in [0.717, 1.165) is 48.7 Å². The molecule has 4 heterocycles. The molecule has 5 rings (SSSR count). The molecule has 4 aromatic rings. The second kappa shape index (κ2) is 7.05. The van der Waals surface area contributed by atoms with Crippen LogP contribution in [0.4, 0.5) is 0 Å². The number of hydrogen-bond donors (Lipinski definition) is 0. The molecular weight excluding hydrogens is 350 g/mol. The van der Waals surface area contributed by atoms with Gasteiger partial charge in [-0.3, -0.25) is 4.90 Å². The van der Waals surface area contributed by atoms with Crippen molar-refractivity contribution < 1.29 is 4.74 Å². The number of rotatable bonds is 5. The fourth-order valence-electron chi connectivity index (χ4n) is 3.97. The number of nitrogens with zero attached hydrogens (tertiary/aromatic N) is 5. The van der Waals surface area contributed by atoms with E-state index in [9.17, 15) is 0 Å². The Balaban J connectivity index is 1.38. The maximum absolute atomic E-state index is 5.63. The highest BCUT2D eigenvalue weighted by Gasteiger charge is 2.25. The molecule has 1 aliphatic heterocycles. The van der Waals surface area contributed by atoms with Crippen molar-refractivity contribution in [3.8, 4) is 16.9 Å². The van der Waals surface area contributed by atoms with Crippen LogP contribution in [-0.4, -0.2) is 37.9 Å². The molecule has 0 radical (unpaired) electrons. The Kier molecular flexibility index (Phi) is 4.25. The third-order valence-corrected chi connectivity index (χ3v) is 5.34. The van der Waals surface area contributed by atoms with Gasteiger partial charge in [0, 0.05) is 62.0 Å². The van der Waals surface area contributed by atoms with Crippen molar-refractivity contribution in [3.63, 3.8) is 0 Å². The smallest absolute Gasteiger partial charge is 0.136 e. The van der Waals surface area contributed by atoms with E-state index in [4.69, 9.17) is 9.72 Å². The summed E-state index contributed by atoms with van der Waals surface area (Å²) in [4.78, 5) is 15.5. The van der Waals surface area contributed by atoms with E-state index in [1.165, 1.54) is 16.7 Å². The summed E-state index contributed by atoms with van der Waals surface area (Å²) in [5, 5.41) is 0. The van der Waals surface area contributed by atoms with Gasteiger partial charge in [-0.1, -0.05) is 12.1 Å². The maximum atomic E-state index is 5.63. The Morgan fingerprint density at radius 3 is 2.71 bits per heavy atom. The van der Waals surface area contributed by atoms with E-state index < -0.39 is 0 Å². The molecule has 0 aliphatic carbocycles. The lowest BCUT2D eigenvalue weighted by Crippen LogP contribution is -2.19. The molecule has 6 nitrogen and oxygen atoms in total. The number of hydrogen-bond acceptors (Lipinski definition) is 5. The highest BCUT2D eigenvalue weighted by Crippen LogP contribution is 2.37. The van der Waals surface area contributed by atoms with Gasteiger partial charge in [0.25, 0.3) is 0 Å². The summed E-state index contributed by atoms with van der Waals surface area (Å²) in [5.41, 5.74) is 6.92. The zero-order chi connectivity index (χ0) is 18.9. The summed E-state index contributed by atoms with van der Waals surface area (Å²) in [6.07, 6.45) is 10.4. The van der Waals surface area contributed by atoms with Crippen LogP contribution in [0.25, 0.3) is 16.8 Å². The normalized spacial score (nSPS) is 13.8. The lowest BCUT2D eigenvalue weighted by molar-refractivity contribution is 0.284. The summed E-state index contributed by atoms with van der Waals surface area (Å²) in [7, 11) is 1.74. The van der Waals surface area contributed by atoms with Crippen molar-refractivity contribution in [2.24, 2.45) is 0 Å². The highest BCUT2D eigenvalue weighted by atomic mass is 16.5. The molecule has 140 valence electrons. The van der Waals surface area contributed by atoms with Crippen molar-refractivity contribution in [1.29, 1.82) is 0 Å². The van der Waals surface area contributed by atoms with Crippen molar-refractivity contribution >= 4 is 5.65 Å². The van der Waals surface area contributed by atoms with Gasteiger partial charge in [-0.2, -0.15) is 0 Å². The molecule has 3 aromatic heterocycles. The van der Waals surface area contributed by atoms with Gasteiger partial charge in [0.15, 0.2) is 0 Å². The standard InChI is InChI=1S/C22H21N5O/c1-28-21-6-5-18(16-10-23-15-24-11-16)19-13-26(14-20(19)21)9-7-17-12-27-8-3-2-4-22(27)25-17/h2-6,8,10-12,15H,7,9,13-14H2,1H3. The van der Waals surface area contributed by atoms with E-state index in [1.54, 1.807) is 13.4 Å². The highest BCUT2D eigenvalue weighted by molar-refractivity contribution is 5.70. The Hall–Kier alpha value is -3.25. The van der Waals surface area contributed by atoms with E-state index in [2.05, 4.69) is 31.5 Å². The number of benzene rings is 1. The summed E-state index contributed by atoms with van der Waals surface area (Å²) >= 11 is 0. The van der Waals surface area contributed by atoms with Crippen molar-refractivity contribution in [2.45, 2.75) is 19.5 Å². The van der Waals surface area contributed by atoms with Crippen LogP contribution >= 0.6 is 0 Å². The van der Waals surface area contributed by atoms with Crippen LogP contribution < -0.4 is 4.74 Å². The first kappa shape index (κ1) is 16.9. The Morgan fingerprint density at radius 1 is 1.04 bits per heavy atom. The third-order valence-electron chi connectivity index (χ3n) is 5.34. The van der Waals surface area contributed by atoms with Gasteiger partial charge in [0.1, 0.15) is 17.7 Å². The van der Waals surface area contributed by atoms with Crippen molar-refractivity contribution in [2.75, 3.05) is 13.7 Å². The van der Waals surface area contributed by atoms with Gasteiger partial charge in [-0.15, -0.1) is 0 Å². The second-order valence-electron chi connectivity index (χ2n) is 7.06. The number of pyridine rings is 1. The van der Waals surface area contributed by atoms with E-state index in [0.29, 0.717) is 0 Å². The molecule has 0 fully saturated rings. The number of methoxy groups -OCH3 is 1. The summed E-state index contributed by atoms with van der Waals surface area (Å²) in [5.74, 6) is 0.950. The van der Waals surface area contributed by atoms with Crippen LogP contribution in [0.3, 0.4) is 0 Å². The third kappa shape index (κ3) is 3.01. The van der Waals surface area contributed by atoms with Gasteiger partial charge < -0.3 is 9.14 Å². The van der Waals surface area contributed by atoms with Gasteiger partial charge in [-0.25, -0.2) is 15.0 Å². The zero-order valence-electron chi connectivity index (χ0n) is 15.7. The van der Waals surface area contributed by atoms with Crippen LogP contribution in [0.15, 0.2) is 61.4 Å². The Morgan fingerprint density at radius 2 is 1.89 bits per heavy atom. The fourth-order valence-corrected chi connectivity index (χ4v) is 3.97. The molecule has 1 aromatic carbocycles. The average Bonchev–Trinajstić information content (AvgIpc) is 3.36. The first-order valence-corrected chi connectivity index (χ1v) is 9.41. The monoisotopic (exact) mass is 371 g/mol. The molecule has 0 bridgehead atoms. The van der Waals surface area contributed by atoms with Gasteiger partial charge in [0.2, 0.25) is 0 Å². The Bertz CT molecular complexity index is 1090. The van der Waals surface area contributed by atoms with Gasteiger partial charge in [-0.05, 0) is 29.3 Å². The van der Waals surface area contributed by atoms with Gasteiger partial charge in [0.05, 0.1) is 12.8 Å². The topological polar surface area (TPSA) is 55.6 Å². The van der Waals surface area contributed by atoms with Crippen LogP contribution in [0.2, 0.25) is 0 Å². The Labute approximate surface area is 163 Å². The van der Waals surface area contributed by atoms with E-state index in [1.807, 2.05) is 42.9 Å². The summed E-state index contributed by atoms with van der Waals surface area (Å²) in [6, 6.07) is 10.2. The molecule has 0 unspecified atom stereocenters. The average molecular weight is 371 g/mol. The second-order valence-corrected chi connectivity index (χ2v) is 7.06. The molecule has 0 N–H and O–H groups in total. The molecule has 0 saturated heterocycles. The van der Waals surface area contributed by atoms with Crippen molar-refractivity contribution in [3.05, 3.63) is 78.3 Å². The molecule has 28 heavy (non-hydrogen) atoms. The summed E-state index contributed by atoms with van der Waals surface area (Å²) in [6.45, 7) is 2.73. The minimum atomic E-state index is 0.882. The zero-order valence-corrected chi connectivity index (χ0v) is 15.7. The fraction of sp³-hybridized carbons (Fsp3) is 0.227. The molecule has 6 heteroatoms. The van der Waals surface area contributed by atoms with E-state index in [-0.39, 0.29) is 0 Å². The number of fused-ring (bicyclic) bond motifs is 2. The number of ether oxygens (including phenoxy) is 1. The lowest BCUT2D eigenvalue weighted by atomic mass is 9.98. The molecular formula is C22H21N5O. The van der Waals surface area contributed by atoms with Crippen LogP contribution in [0.1, 0.15) is 16.8 Å². The van der Waals surface area contributed by atoms with Gasteiger partial charge >= 0.3 is 0 Å². The van der Waals surface area contributed by atoms with Crippen LogP contribution in [0, 0.1) is 0 Å². The van der Waals surface area contributed by atoms with Crippen LogP contribution in [0.5, 0.6) is 5.75 Å². The molecule has 1 aliphatic rings. The first-order valence-electron chi connectivity index (χ1n) is 9.41. The first-order chi connectivity index (χ1) is 13.8. The minimum absolute atomic E-state index is 0.882. The molecule has 0 amide bonds. The SMILES string of the molecule is COc1ccc(-c2cncnc2)c2c1CN(CCc1cn3ccccc3n1)C2. The number of imidazole rings is 1. The minimum Gasteiger partial charge on any atom is -0.496 e. The number of aromatic nitrogens is 4. The molecule has 0 spiro atoms. The summed E-state index contributed by atoms with van der Waals surface area (Å²) < 4.78 is 7.70. The van der Waals surface area contributed by atoms with Crippen LogP contribution in [-0.2, 0) is 19.5 Å². The maximum Gasteiger partial charge on any atom is 0.136 e. The predicted molar refractivity (Wildman–Crippen MR) is 107 cm³/mol. The lowest BCUT2D eigenvalue weighted by Gasteiger charge is -2.13.